The molecular weight excluding hydrogens is 141 g/mol. The fourth-order valence-electron chi connectivity index (χ4n) is 1.50. The zero-order valence-electron chi connectivity index (χ0n) is 7.29. The van der Waals surface area contributed by atoms with Gasteiger partial charge in [0.15, 0.2) is 0 Å². The molecule has 1 aliphatic rings. The minimum absolute atomic E-state index is 0.318. The molecule has 1 atom stereocenters. The van der Waals surface area contributed by atoms with E-state index in [1.54, 1.807) is 13.9 Å². The van der Waals surface area contributed by atoms with Gasteiger partial charge in [0.25, 0.3) is 0 Å². The molecule has 1 rings (SSSR count). The second kappa shape index (κ2) is 4.09. The van der Waals surface area contributed by atoms with Crippen LogP contribution >= 0.6 is 0 Å². The molecule has 1 saturated heterocycles. The van der Waals surface area contributed by atoms with Crippen LogP contribution in [0.25, 0.3) is 0 Å². The number of hydrogen-bond donors (Lipinski definition) is 1. The molecule has 0 aromatic carbocycles. The van der Waals surface area contributed by atoms with Crippen LogP contribution in [0.4, 0.5) is 0 Å². The summed E-state index contributed by atoms with van der Waals surface area (Å²) in [5.74, 6) is 0. The maximum Gasteiger partial charge on any atom is 0.376 e. The van der Waals surface area contributed by atoms with Gasteiger partial charge in [-0.1, -0.05) is 0 Å². The van der Waals surface area contributed by atoms with Gasteiger partial charge in [-0.05, 0) is 26.2 Å². The summed E-state index contributed by atoms with van der Waals surface area (Å²) in [6.07, 6.45) is 2.57. The Morgan fingerprint density at radius 2 is 2.36 bits per heavy atom. The third-order valence-electron chi connectivity index (χ3n) is 2.27. The Labute approximate surface area is 68.5 Å². The monoisotopic (exact) mass is 157 g/mol. The Morgan fingerprint density at radius 3 is 2.91 bits per heavy atom. The van der Waals surface area contributed by atoms with Gasteiger partial charge in [0.05, 0.1) is 6.10 Å². The van der Waals surface area contributed by atoms with Crippen molar-refractivity contribution in [3.63, 3.8) is 0 Å². The quantitative estimate of drug-likeness (QED) is 0.581. The van der Waals surface area contributed by atoms with E-state index in [0.717, 1.165) is 25.9 Å². The van der Waals surface area contributed by atoms with Crippen molar-refractivity contribution in [1.29, 1.82) is 0 Å². The standard InChI is InChI=1S/C7H16BNO2/c1-8(10)9-5-3-4-7(6-9)11-2/h7,10H,3-6H2,1-2H3/t7-/m1/s1. The van der Waals surface area contributed by atoms with Gasteiger partial charge in [-0.2, -0.15) is 0 Å². The number of piperidine rings is 1. The molecule has 0 unspecified atom stereocenters. The number of ether oxygens (including phenoxy) is 1. The summed E-state index contributed by atoms with van der Waals surface area (Å²) in [5, 5.41) is 9.26. The van der Waals surface area contributed by atoms with E-state index in [2.05, 4.69) is 0 Å². The van der Waals surface area contributed by atoms with Crippen molar-refractivity contribution in [3.05, 3.63) is 0 Å². The predicted octanol–water partition coefficient (Wildman–Crippen LogP) is 0.207. The molecule has 0 radical (unpaired) electrons. The van der Waals surface area contributed by atoms with Crippen molar-refractivity contribution < 1.29 is 9.76 Å². The topological polar surface area (TPSA) is 32.7 Å². The lowest BCUT2D eigenvalue weighted by Gasteiger charge is -2.32. The molecule has 11 heavy (non-hydrogen) atoms. The van der Waals surface area contributed by atoms with E-state index in [0.29, 0.717) is 6.10 Å². The first-order valence-electron chi connectivity index (χ1n) is 4.19. The van der Waals surface area contributed by atoms with Crippen molar-refractivity contribution >= 4 is 7.05 Å². The lowest BCUT2D eigenvalue weighted by Crippen LogP contribution is -2.46. The lowest BCUT2D eigenvalue weighted by molar-refractivity contribution is 0.0521. The van der Waals surface area contributed by atoms with Crippen molar-refractivity contribution in [3.8, 4) is 0 Å². The molecule has 0 spiro atoms. The summed E-state index contributed by atoms with van der Waals surface area (Å²) in [5.41, 5.74) is 0. The minimum Gasteiger partial charge on any atom is -0.437 e. The molecule has 1 aliphatic heterocycles. The SMILES string of the molecule is CO[C@@H]1CCCN(B(C)O)C1. The Balaban J connectivity index is 2.33. The van der Waals surface area contributed by atoms with Crippen LogP contribution in [0.3, 0.4) is 0 Å². The first kappa shape index (κ1) is 9.04. The van der Waals surface area contributed by atoms with Crippen molar-refractivity contribution in [1.82, 2.24) is 4.81 Å². The molecular formula is C7H16BNO2. The molecule has 1 N–H and O–H groups in total. The van der Waals surface area contributed by atoms with Crippen LogP contribution in [-0.4, -0.2) is 43.2 Å². The number of hydrogen-bond acceptors (Lipinski definition) is 3. The van der Waals surface area contributed by atoms with Gasteiger partial charge in [0.2, 0.25) is 0 Å². The highest BCUT2D eigenvalue weighted by molar-refractivity contribution is 6.45. The van der Waals surface area contributed by atoms with Crippen LogP contribution in [0.15, 0.2) is 0 Å². The third kappa shape index (κ3) is 2.47. The maximum atomic E-state index is 9.26. The molecule has 0 amide bonds. The summed E-state index contributed by atoms with van der Waals surface area (Å²) in [6, 6.07) is 0. The number of methoxy groups -OCH3 is 1. The lowest BCUT2D eigenvalue weighted by atomic mass is 9.82. The molecule has 64 valence electrons. The summed E-state index contributed by atoms with van der Waals surface area (Å²) >= 11 is 0. The largest absolute Gasteiger partial charge is 0.437 e. The van der Waals surface area contributed by atoms with Crippen LogP contribution in [0.5, 0.6) is 0 Å². The molecule has 0 saturated carbocycles. The second-order valence-electron chi connectivity index (χ2n) is 3.13. The van der Waals surface area contributed by atoms with Crippen molar-refractivity contribution in [2.45, 2.75) is 25.8 Å². The second-order valence-corrected chi connectivity index (χ2v) is 3.13. The Kier molecular flexibility index (Phi) is 3.36. The van der Waals surface area contributed by atoms with Gasteiger partial charge in [0, 0.05) is 13.7 Å². The number of nitrogens with zero attached hydrogens (tertiary/aromatic N) is 1. The fraction of sp³-hybridized carbons (Fsp3) is 1.00. The summed E-state index contributed by atoms with van der Waals surface area (Å²) in [4.78, 5) is 2.04. The first-order chi connectivity index (χ1) is 5.24. The van der Waals surface area contributed by atoms with Gasteiger partial charge in [0.1, 0.15) is 0 Å². The molecule has 1 heterocycles. The third-order valence-corrected chi connectivity index (χ3v) is 2.27. The van der Waals surface area contributed by atoms with Crippen molar-refractivity contribution in [2.75, 3.05) is 20.2 Å². The molecule has 0 aromatic rings. The van der Waals surface area contributed by atoms with E-state index in [9.17, 15) is 5.02 Å². The van der Waals surface area contributed by atoms with Gasteiger partial charge >= 0.3 is 7.05 Å². The molecule has 4 heteroatoms. The Morgan fingerprint density at radius 1 is 1.64 bits per heavy atom. The van der Waals surface area contributed by atoms with E-state index >= 15 is 0 Å². The van der Waals surface area contributed by atoms with Crippen LogP contribution in [0.1, 0.15) is 12.8 Å². The maximum absolute atomic E-state index is 9.26. The van der Waals surface area contributed by atoms with Crippen molar-refractivity contribution in [2.24, 2.45) is 0 Å². The summed E-state index contributed by atoms with van der Waals surface area (Å²) in [7, 11) is 1.41. The molecule has 0 aromatic heterocycles. The van der Waals surface area contributed by atoms with Crippen LogP contribution in [-0.2, 0) is 4.74 Å². The van der Waals surface area contributed by atoms with Crippen LogP contribution in [0.2, 0.25) is 6.82 Å². The molecule has 0 aliphatic carbocycles. The van der Waals surface area contributed by atoms with Gasteiger partial charge < -0.3 is 14.6 Å². The molecule has 0 bridgehead atoms. The first-order valence-corrected chi connectivity index (χ1v) is 4.19. The average molecular weight is 157 g/mol. The summed E-state index contributed by atoms with van der Waals surface area (Å²) < 4.78 is 5.22. The summed E-state index contributed by atoms with van der Waals surface area (Å²) in [6.45, 7) is 3.67. The smallest absolute Gasteiger partial charge is 0.376 e. The molecule has 3 nitrogen and oxygen atoms in total. The van der Waals surface area contributed by atoms with E-state index in [4.69, 9.17) is 4.74 Å². The van der Waals surface area contributed by atoms with Crippen LogP contribution < -0.4 is 0 Å². The number of rotatable bonds is 2. The van der Waals surface area contributed by atoms with Gasteiger partial charge in [-0.15, -0.1) is 0 Å². The van der Waals surface area contributed by atoms with Gasteiger partial charge in [-0.25, -0.2) is 0 Å². The normalized spacial score (nSPS) is 27.0. The average Bonchev–Trinajstić information content (AvgIpc) is 2.05. The fourth-order valence-corrected chi connectivity index (χ4v) is 1.50. The van der Waals surface area contributed by atoms with E-state index < -0.39 is 0 Å². The molecule has 1 fully saturated rings. The van der Waals surface area contributed by atoms with E-state index in [1.165, 1.54) is 0 Å². The highest BCUT2D eigenvalue weighted by Crippen LogP contribution is 2.12. The zero-order chi connectivity index (χ0) is 8.27. The Hall–Kier alpha value is -0.0551. The van der Waals surface area contributed by atoms with E-state index in [1.807, 2.05) is 4.81 Å². The van der Waals surface area contributed by atoms with E-state index in [-0.39, 0.29) is 7.05 Å². The zero-order valence-corrected chi connectivity index (χ0v) is 7.29. The predicted molar refractivity (Wildman–Crippen MR) is 45.4 cm³/mol. The highest BCUT2D eigenvalue weighted by atomic mass is 16.5. The minimum atomic E-state index is -0.326. The van der Waals surface area contributed by atoms with Gasteiger partial charge in [-0.3, -0.25) is 0 Å². The highest BCUT2D eigenvalue weighted by Gasteiger charge is 2.24. The van der Waals surface area contributed by atoms with Crippen LogP contribution in [0, 0.1) is 0 Å². The Bertz CT molecular complexity index is 121.